The van der Waals surface area contributed by atoms with Crippen LogP contribution in [0, 0.1) is 0 Å². The van der Waals surface area contributed by atoms with Gasteiger partial charge in [-0.25, -0.2) is 0 Å². The number of hydrogen-bond acceptors (Lipinski definition) is 3. The fourth-order valence-corrected chi connectivity index (χ4v) is 1.45. The molecule has 3 nitrogen and oxygen atoms in total. The van der Waals surface area contributed by atoms with Gasteiger partial charge in [-0.3, -0.25) is 5.01 Å². The van der Waals surface area contributed by atoms with Crippen molar-refractivity contribution in [1.29, 1.82) is 0 Å². The van der Waals surface area contributed by atoms with Crippen LogP contribution in [0.15, 0.2) is 11.9 Å². The van der Waals surface area contributed by atoms with Crippen molar-refractivity contribution < 1.29 is 0 Å². The van der Waals surface area contributed by atoms with Gasteiger partial charge < -0.3 is 5.43 Å². The molecule has 0 atom stereocenters. The quantitative estimate of drug-likeness (QED) is 0.618. The fraction of sp³-hybridized carbons (Fsp3) is 0.800. The molecule has 3 heteroatoms. The lowest BCUT2D eigenvalue weighted by atomic mass is 10.2. The van der Waals surface area contributed by atoms with Crippen molar-refractivity contribution in [1.82, 2.24) is 16.0 Å². The molecule has 0 aliphatic carbocycles. The van der Waals surface area contributed by atoms with E-state index >= 15 is 0 Å². The molecule has 2 N–H and O–H groups in total. The minimum atomic E-state index is 1.11. The van der Waals surface area contributed by atoms with Crippen LogP contribution in [0.25, 0.3) is 0 Å². The van der Waals surface area contributed by atoms with E-state index < -0.39 is 0 Å². The van der Waals surface area contributed by atoms with E-state index in [1.807, 2.05) is 0 Å². The molecule has 1 aliphatic rings. The van der Waals surface area contributed by atoms with Crippen molar-refractivity contribution in [2.75, 3.05) is 6.54 Å². The molecular weight excluding hydrogens is 162 g/mol. The van der Waals surface area contributed by atoms with E-state index in [0.717, 1.165) is 13.0 Å². The van der Waals surface area contributed by atoms with E-state index in [1.54, 1.807) is 0 Å². The van der Waals surface area contributed by atoms with Crippen LogP contribution in [-0.4, -0.2) is 11.6 Å². The highest BCUT2D eigenvalue weighted by molar-refractivity contribution is 5.00. The molecule has 0 amide bonds. The zero-order valence-corrected chi connectivity index (χ0v) is 8.77. The van der Waals surface area contributed by atoms with Crippen LogP contribution in [0.5, 0.6) is 0 Å². The minimum absolute atomic E-state index is 1.11. The smallest absolute Gasteiger partial charge is 0.0453 e. The summed E-state index contributed by atoms with van der Waals surface area (Å²) in [7, 11) is 0. The van der Waals surface area contributed by atoms with Gasteiger partial charge in [0.1, 0.15) is 0 Å². The second-order valence-electron chi connectivity index (χ2n) is 3.54. The molecule has 0 aromatic carbocycles. The highest BCUT2D eigenvalue weighted by Gasteiger charge is 2.08. The molecule has 0 fully saturated rings. The molecule has 1 aliphatic heterocycles. The molecule has 76 valence electrons. The Morgan fingerprint density at radius 2 is 2.08 bits per heavy atom. The van der Waals surface area contributed by atoms with E-state index in [1.165, 1.54) is 31.4 Å². The van der Waals surface area contributed by atoms with Crippen molar-refractivity contribution in [3.63, 3.8) is 0 Å². The lowest BCUT2D eigenvalue weighted by Crippen LogP contribution is -2.36. The Bertz CT molecular complexity index is 166. The number of allylic oxidation sites excluding steroid dienone is 1. The normalized spacial score (nSPS) is 15.8. The van der Waals surface area contributed by atoms with Gasteiger partial charge >= 0.3 is 0 Å². The number of hydrogen-bond donors (Lipinski definition) is 2. The summed E-state index contributed by atoms with van der Waals surface area (Å²) in [4.78, 5) is 0. The predicted molar refractivity (Wildman–Crippen MR) is 55.5 cm³/mol. The van der Waals surface area contributed by atoms with Gasteiger partial charge in [0.05, 0.1) is 0 Å². The van der Waals surface area contributed by atoms with Crippen LogP contribution in [0.1, 0.15) is 46.0 Å². The number of nitrogens with zero attached hydrogens (tertiary/aromatic N) is 1. The van der Waals surface area contributed by atoms with E-state index in [4.69, 9.17) is 0 Å². The third-order valence-corrected chi connectivity index (χ3v) is 2.19. The van der Waals surface area contributed by atoms with Crippen molar-refractivity contribution in [3.8, 4) is 0 Å². The molecule has 13 heavy (non-hydrogen) atoms. The van der Waals surface area contributed by atoms with Gasteiger partial charge in [-0.2, -0.15) is 0 Å². The first-order chi connectivity index (χ1) is 6.36. The number of unbranched alkanes of at least 4 members (excludes halogenated alkanes) is 2. The van der Waals surface area contributed by atoms with Crippen LogP contribution in [0.4, 0.5) is 0 Å². The summed E-state index contributed by atoms with van der Waals surface area (Å²) in [6.45, 7) is 5.53. The molecule has 0 saturated carbocycles. The molecule has 0 aromatic rings. The second-order valence-corrected chi connectivity index (χ2v) is 3.54. The monoisotopic (exact) mass is 183 g/mol. The lowest BCUT2D eigenvalue weighted by molar-refractivity contribution is 0.265. The Kier molecular flexibility index (Phi) is 4.68. The Hall–Kier alpha value is -0.700. The largest absolute Gasteiger partial charge is 0.306 e. The molecule has 0 unspecified atom stereocenters. The third kappa shape index (κ3) is 3.68. The highest BCUT2D eigenvalue weighted by Crippen LogP contribution is 2.07. The van der Waals surface area contributed by atoms with E-state index in [-0.39, 0.29) is 0 Å². The molecule has 0 spiro atoms. The second kappa shape index (κ2) is 5.86. The average Bonchev–Trinajstić information content (AvgIpc) is 2.54. The molecule has 0 bridgehead atoms. The first-order valence-corrected chi connectivity index (χ1v) is 5.35. The maximum Gasteiger partial charge on any atom is 0.0453 e. The van der Waals surface area contributed by atoms with Gasteiger partial charge in [0, 0.05) is 18.4 Å². The first-order valence-electron chi connectivity index (χ1n) is 5.35. The maximum absolute atomic E-state index is 3.17. The van der Waals surface area contributed by atoms with E-state index in [9.17, 15) is 0 Å². The van der Waals surface area contributed by atoms with Crippen LogP contribution < -0.4 is 11.0 Å². The summed E-state index contributed by atoms with van der Waals surface area (Å²) in [6.07, 6.45) is 8.38. The standard InChI is InChI=1S/C10H21N3/c1-3-5-6-8-13-9-10(7-4-2)11-12-13/h9,11-12H,3-8H2,1-2H3. The van der Waals surface area contributed by atoms with Crippen molar-refractivity contribution in [2.24, 2.45) is 0 Å². The number of hydrazine groups is 2. The summed E-state index contributed by atoms with van der Waals surface area (Å²) in [5, 5.41) is 2.14. The van der Waals surface area contributed by atoms with Crippen molar-refractivity contribution in [2.45, 2.75) is 46.0 Å². The van der Waals surface area contributed by atoms with Crippen LogP contribution >= 0.6 is 0 Å². The molecule has 0 aromatic heterocycles. The summed E-state index contributed by atoms with van der Waals surface area (Å²) < 4.78 is 0. The fourth-order valence-electron chi connectivity index (χ4n) is 1.45. The van der Waals surface area contributed by atoms with Crippen LogP contribution in [0.2, 0.25) is 0 Å². The van der Waals surface area contributed by atoms with Crippen molar-refractivity contribution >= 4 is 0 Å². The molecule has 1 rings (SSSR count). The van der Waals surface area contributed by atoms with Gasteiger partial charge in [0.25, 0.3) is 0 Å². The molecule has 0 saturated heterocycles. The molecule has 0 radical (unpaired) electrons. The average molecular weight is 183 g/mol. The van der Waals surface area contributed by atoms with E-state index in [0.29, 0.717) is 0 Å². The van der Waals surface area contributed by atoms with Gasteiger partial charge in [-0.1, -0.05) is 33.1 Å². The SMILES string of the molecule is CCCCCN1C=C(CCC)NN1. The predicted octanol–water partition coefficient (Wildman–Crippen LogP) is 2.14. The van der Waals surface area contributed by atoms with Gasteiger partial charge in [-0.05, 0) is 12.8 Å². The summed E-state index contributed by atoms with van der Waals surface area (Å²) >= 11 is 0. The molecule has 1 heterocycles. The summed E-state index contributed by atoms with van der Waals surface area (Å²) in [5.74, 6) is 0. The van der Waals surface area contributed by atoms with Gasteiger partial charge in [-0.15, -0.1) is 5.53 Å². The Morgan fingerprint density at radius 1 is 1.23 bits per heavy atom. The number of rotatable bonds is 6. The topological polar surface area (TPSA) is 27.3 Å². The molecular formula is C10H21N3. The summed E-state index contributed by atoms with van der Waals surface area (Å²) in [6, 6.07) is 0. The van der Waals surface area contributed by atoms with Gasteiger partial charge in [0.2, 0.25) is 0 Å². The Labute approximate surface area is 81.1 Å². The van der Waals surface area contributed by atoms with E-state index in [2.05, 4.69) is 36.0 Å². The Balaban J connectivity index is 2.15. The van der Waals surface area contributed by atoms with Gasteiger partial charge in [0.15, 0.2) is 0 Å². The third-order valence-electron chi connectivity index (χ3n) is 2.19. The van der Waals surface area contributed by atoms with Crippen LogP contribution in [-0.2, 0) is 0 Å². The number of nitrogens with one attached hydrogen (secondary N) is 2. The maximum atomic E-state index is 3.17. The zero-order valence-electron chi connectivity index (χ0n) is 8.77. The van der Waals surface area contributed by atoms with Crippen LogP contribution in [0.3, 0.4) is 0 Å². The highest BCUT2D eigenvalue weighted by atomic mass is 15.7. The summed E-state index contributed by atoms with van der Waals surface area (Å²) in [5.41, 5.74) is 7.62. The first kappa shape index (κ1) is 10.4. The Morgan fingerprint density at radius 3 is 2.77 bits per heavy atom. The minimum Gasteiger partial charge on any atom is -0.306 e. The zero-order chi connectivity index (χ0) is 9.52. The van der Waals surface area contributed by atoms with Crippen molar-refractivity contribution in [3.05, 3.63) is 11.9 Å². The lowest BCUT2D eigenvalue weighted by Gasteiger charge is -2.14.